The number of hydrogen-bond acceptors (Lipinski definition) is 3. The topological polar surface area (TPSA) is 70.6 Å². The van der Waals surface area contributed by atoms with Crippen LogP contribution in [0.2, 0.25) is 0 Å². The van der Waals surface area contributed by atoms with Crippen LogP contribution in [0.25, 0.3) is 0 Å². The van der Waals surface area contributed by atoms with Crippen LogP contribution in [-0.2, 0) is 0 Å². The first-order valence-electron chi connectivity index (χ1n) is 6.66. The number of oxime groups is 1. The Hall–Kier alpha value is -0.770. The van der Waals surface area contributed by atoms with E-state index < -0.39 is 0 Å². The molecular formula is C13H29N3O. The molecule has 0 saturated carbocycles. The molecule has 0 heterocycles. The van der Waals surface area contributed by atoms with E-state index >= 15 is 0 Å². The third-order valence-electron chi connectivity index (χ3n) is 3.26. The van der Waals surface area contributed by atoms with Gasteiger partial charge < -0.3 is 16.3 Å². The molecule has 0 aromatic carbocycles. The van der Waals surface area contributed by atoms with Gasteiger partial charge >= 0.3 is 0 Å². The molecule has 0 aliphatic rings. The van der Waals surface area contributed by atoms with Crippen LogP contribution in [0.3, 0.4) is 0 Å². The minimum Gasteiger partial charge on any atom is -0.409 e. The van der Waals surface area contributed by atoms with Crippen molar-refractivity contribution in [2.75, 3.05) is 13.1 Å². The number of rotatable bonds is 9. The fraction of sp³-hybridized carbons (Fsp3) is 0.923. The molecule has 4 nitrogen and oxygen atoms in total. The zero-order chi connectivity index (χ0) is 13.3. The molecule has 0 aromatic heterocycles. The van der Waals surface area contributed by atoms with Crippen molar-refractivity contribution < 1.29 is 5.21 Å². The lowest BCUT2D eigenvalue weighted by molar-refractivity contribution is 0.276. The summed E-state index contributed by atoms with van der Waals surface area (Å²) < 4.78 is 0. The summed E-state index contributed by atoms with van der Waals surface area (Å²) in [4.78, 5) is 0. The van der Waals surface area contributed by atoms with Gasteiger partial charge in [0, 0.05) is 6.42 Å². The summed E-state index contributed by atoms with van der Waals surface area (Å²) in [7, 11) is 0. The van der Waals surface area contributed by atoms with E-state index in [0.29, 0.717) is 12.3 Å². The van der Waals surface area contributed by atoms with Gasteiger partial charge in [0.05, 0.1) is 0 Å². The van der Waals surface area contributed by atoms with Gasteiger partial charge in [-0.1, -0.05) is 32.9 Å². The average molecular weight is 243 g/mol. The number of unbranched alkanes of at least 4 members (excludes halogenated alkanes) is 1. The molecule has 0 atom stereocenters. The third-order valence-corrected chi connectivity index (χ3v) is 3.26. The van der Waals surface area contributed by atoms with Gasteiger partial charge in [0.25, 0.3) is 0 Å². The van der Waals surface area contributed by atoms with Gasteiger partial charge in [-0.3, -0.25) is 0 Å². The molecular weight excluding hydrogens is 214 g/mol. The second kappa shape index (κ2) is 9.28. The van der Waals surface area contributed by atoms with Crippen molar-refractivity contribution >= 4 is 5.84 Å². The van der Waals surface area contributed by atoms with Crippen molar-refractivity contribution in [2.24, 2.45) is 28.6 Å². The second-order valence-electron chi connectivity index (χ2n) is 5.40. The quantitative estimate of drug-likeness (QED) is 0.191. The van der Waals surface area contributed by atoms with Crippen molar-refractivity contribution in [3.05, 3.63) is 0 Å². The molecule has 0 fully saturated rings. The maximum Gasteiger partial charge on any atom is 0.139 e. The van der Waals surface area contributed by atoms with Crippen LogP contribution in [0.1, 0.15) is 47.0 Å². The molecule has 0 aromatic rings. The van der Waals surface area contributed by atoms with Gasteiger partial charge in [-0.2, -0.15) is 0 Å². The molecule has 0 saturated heterocycles. The number of amidine groups is 1. The summed E-state index contributed by atoms with van der Waals surface area (Å²) in [6.07, 6.45) is 2.71. The highest BCUT2D eigenvalue weighted by molar-refractivity contribution is 5.79. The van der Waals surface area contributed by atoms with E-state index in [2.05, 4.69) is 38.2 Å². The van der Waals surface area contributed by atoms with Crippen LogP contribution in [0.4, 0.5) is 0 Å². The van der Waals surface area contributed by atoms with Gasteiger partial charge in [-0.25, -0.2) is 0 Å². The van der Waals surface area contributed by atoms with E-state index in [1.54, 1.807) is 0 Å². The van der Waals surface area contributed by atoms with Crippen LogP contribution >= 0.6 is 0 Å². The molecule has 17 heavy (non-hydrogen) atoms. The molecule has 0 radical (unpaired) electrons. The Labute approximate surface area is 106 Å². The van der Waals surface area contributed by atoms with E-state index in [1.807, 2.05) is 0 Å². The highest BCUT2D eigenvalue weighted by Crippen LogP contribution is 2.19. The molecule has 4 heteroatoms. The first-order chi connectivity index (χ1) is 7.99. The number of nitrogens with zero attached hydrogens (tertiary/aromatic N) is 1. The lowest BCUT2D eigenvalue weighted by atomic mass is 9.85. The van der Waals surface area contributed by atoms with Crippen molar-refractivity contribution in [1.82, 2.24) is 5.32 Å². The van der Waals surface area contributed by atoms with Gasteiger partial charge in [0.15, 0.2) is 0 Å². The van der Waals surface area contributed by atoms with E-state index in [0.717, 1.165) is 43.7 Å². The zero-order valence-corrected chi connectivity index (χ0v) is 11.7. The van der Waals surface area contributed by atoms with Crippen LogP contribution < -0.4 is 11.1 Å². The van der Waals surface area contributed by atoms with Gasteiger partial charge in [-0.15, -0.1) is 0 Å². The van der Waals surface area contributed by atoms with Crippen LogP contribution in [0, 0.1) is 17.8 Å². The highest BCUT2D eigenvalue weighted by Gasteiger charge is 2.16. The Morgan fingerprint density at radius 2 is 1.76 bits per heavy atom. The molecule has 0 amide bonds. The smallest absolute Gasteiger partial charge is 0.139 e. The Balaban J connectivity index is 3.56. The van der Waals surface area contributed by atoms with Crippen LogP contribution in [-0.4, -0.2) is 24.1 Å². The van der Waals surface area contributed by atoms with Crippen LogP contribution in [0.5, 0.6) is 0 Å². The zero-order valence-electron chi connectivity index (χ0n) is 11.7. The summed E-state index contributed by atoms with van der Waals surface area (Å²) >= 11 is 0. The van der Waals surface area contributed by atoms with Crippen molar-refractivity contribution in [3.8, 4) is 0 Å². The van der Waals surface area contributed by atoms with E-state index in [9.17, 15) is 0 Å². The Morgan fingerprint density at radius 3 is 2.24 bits per heavy atom. The normalized spacial score (nSPS) is 13.0. The summed E-state index contributed by atoms with van der Waals surface area (Å²) in [5.41, 5.74) is 5.39. The summed E-state index contributed by atoms with van der Waals surface area (Å²) in [6.45, 7) is 11.2. The molecule has 0 aliphatic heterocycles. The predicted molar refractivity (Wildman–Crippen MR) is 73.3 cm³/mol. The monoisotopic (exact) mass is 243 g/mol. The summed E-state index contributed by atoms with van der Waals surface area (Å²) in [6, 6.07) is 0. The lowest BCUT2D eigenvalue weighted by Gasteiger charge is -2.25. The Bertz CT molecular complexity index is 207. The minimum atomic E-state index is 0.326. The van der Waals surface area contributed by atoms with Crippen molar-refractivity contribution in [3.63, 3.8) is 0 Å². The van der Waals surface area contributed by atoms with E-state index in [4.69, 9.17) is 10.9 Å². The third kappa shape index (κ3) is 8.02. The second-order valence-corrected chi connectivity index (χ2v) is 5.40. The molecule has 0 bridgehead atoms. The SMILES string of the molecule is CC(C)C(CNCCCCC(N)=NO)C(C)C. The summed E-state index contributed by atoms with van der Waals surface area (Å²) in [5, 5.41) is 14.8. The average Bonchev–Trinajstić information content (AvgIpc) is 2.26. The lowest BCUT2D eigenvalue weighted by Crippen LogP contribution is -2.30. The molecule has 0 spiro atoms. The van der Waals surface area contributed by atoms with Crippen molar-refractivity contribution in [2.45, 2.75) is 47.0 Å². The van der Waals surface area contributed by atoms with Gasteiger partial charge in [0.2, 0.25) is 0 Å². The number of nitrogens with two attached hydrogens (primary N) is 1. The predicted octanol–water partition coefficient (Wildman–Crippen LogP) is 2.42. The van der Waals surface area contributed by atoms with E-state index in [1.165, 1.54) is 0 Å². The molecule has 0 rings (SSSR count). The Kier molecular flexibility index (Phi) is 8.86. The molecule has 102 valence electrons. The van der Waals surface area contributed by atoms with E-state index in [-0.39, 0.29) is 0 Å². The molecule has 0 aliphatic carbocycles. The maximum absolute atomic E-state index is 8.38. The largest absolute Gasteiger partial charge is 0.409 e. The highest BCUT2D eigenvalue weighted by atomic mass is 16.4. The maximum atomic E-state index is 8.38. The fourth-order valence-corrected chi connectivity index (χ4v) is 2.12. The first kappa shape index (κ1) is 16.2. The molecule has 4 N–H and O–H groups in total. The Morgan fingerprint density at radius 1 is 1.18 bits per heavy atom. The molecule has 0 unspecified atom stereocenters. The van der Waals surface area contributed by atoms with Gasteiger partial charge in [-0.05, 0) is 43.7 Å². The minimum absolute atomic E-state index is 0.326. The van der Waals surface area contributed by atoms with Gasteiger partial charge in [0.1, 0.15) is 5.84 Å². The number of hydrogen-bond donors (Lipinski definition) is 3. The fourth-order valence-electron chi connectivity index (χ4n) is 2.12. The standard InChI is InChI=1S/C13H29N3O/c1-10(2)12(11(3)4)9-15-8-6-5-7-13(14)16-17/h10-12,15,17H,5-9H2,1-4H3,(H2,14,16). The van der Waals surface area contributed by atoms with Crippen LogP contribution in [0.15, 0.2) is 5.16 Å². The number of nitrogens with one attached hydrogen (secondary N) is 1. The first-order valence-corrected chi connectivity index (χ1v) is 6.66. The van der Waals surface area contributed by atoms with Crippen molar-refractivity contribution in [1.29, 1.82) is 0 Å². The summed E-state index contributed by atoms with van der Waals surface area (Å²) in [5.74, 6) is 2.51.